The Bertz CT molecular complexity index is 1150. The summed E-state index contributed by atoms with van der Waals surface area (Å²) in [5.74, 6) is -0.286. The van der Waals surface area contributed by atoms with Crippen LogP contribution in [0, 0.1) is 24.1 Å². The number of hydrogen-bond acceptors (Lipinski definition) is 2. The maximum Gasteiger partial charge on any atom is 0.216 e. The van der Waals surface area contributed by atoms with Crippen LogP contribution in [0.25, 0.3) is 33.2 Å². The molecule has 0 saturated carbocycles. The van der Waals surface area contributed by atoms with Gasteiger partial charge in [0, 0.05) is 28.5 Å². The number of fused-ring (bicyclic) bond motifs is 3. The lowest BCUT2D eigenvalue weighted by molar-refractivity contribution is -0.660. The summed E-state index contributed by atoms with van der Waals surface area (Å²) in [6.07, 6.45) is 1.91. The van der Waals surface area contributed by atoms with E-state index in [0.717, 1.165) is 11.1 Å². The highest BCUT2D eigenvalue weighted by Gasteiger charge is 2.23. The molecule has 0 fully saturated rings. The average Bonchev–Trinajstić information content (AvgIpc) is 2.95. The van der Waals surface area contributed by atoms with Crippen LogP contribution in [0.3, 0.4) is 0 Å². The predicted octanol–water partition coefficient (Wildman–Crippen LogP) is 4.40. The SMILES string of the molecule is Cc1c(F)cc2c(oc3c(C#N)cccc32)c1-c1cccc[n+]1C. The Morgan fingerprint density at radius 3 is 2.67 bits per heavy atom. The quantitative estimate of drug-likeness (QED) is 0.488. The number of para-hydroxylation sites is 1. The summed E-state index contributed by atoms with van der Waals surface area (Å²) in [5, 5.41) is 10.7. The molecule has 0 radical (unpaired) electrons. The first-order chi connectivity index (χ1) is 11.6. The Balaban J connectivity index is 2.23. The van der Waals surface area contributed by atoms with Gasteiger partial charge in [0.15, 0.2) is 11.8 Å². The van der Waals surface area contributed by atoms with E-state index in [1.807, 2.05) is 42.1 Å². The number of pyridine rings is 1. The molecule has 4 heteroatoms. The predicted molar refractivity (Wildman–Crippen MR) is 89.7 cm³/mol. The highest BCUT2D eigenvalue weighted by Crippen LogP contribution is 2.38. The van der Waals surface area contributed by atoms with E-state index in [4.69, 9.17) is 4.42 Å². The van der Waals surface area contributed by atoms with E-state index < -0.39 is 0 Å². The highest BCUT2D eigenvalue weighted by molar-refractivity contribution is 6.11. The van der Waals surface area contributed by atoms with Gasteiger partial charge >= 0.3 is 0 Å². The molecule has 4 rings (SSSR count). The van der Waals surface area contributed by atoms with E-state index in [1.54, 1.807) is 19.1 Å². The van der Waals surface area contributed by atoms with Crippen molar-refractivity contribution >= 4 is 21.9 Å². The van der Waals surface area contributed by atoms with Crippen LogP contribution in [0.1, 0.15) is 11.1 Å². The molecule has 2 aromatic heterocycles. The molecule has 0 aliphatic rings. The fourth-order valence-corrected chi connectivity index (χ4v) is 3.17. The third kappa shape index (κ3) is 1.92. The number of benzene rings is 2. The van der Waals surface area contributed by atoms with E-state index in [0.29, 0.717) is 33.2 Å². The van der Waals surface area contributed by atoms with Crippen molar-refractivity contribution < 1.29 is 13.4 Å². The van der Waals surface area contributed by atoms with Crippen molar-refractivity contribution in [3.63, 3.8) is 0 Å². The van der Waals surface area contributed by atoms with Gasteiger partial charge in [-0.3, -0.25) is 0 Å². The molecule has 0 aliphatic heterocycles. The fraction of sp³-hybridized carbons (Fsp3) is 0.100. The molecule has 2 aromatic carbocycles. The van der Waals surface area contributed by atoms with Crippen molar-refractivity contribution in [3.8, 4) is 17.3 Å². The van der Waals surface area contributed by atoms with Gasteiger partial charge in [-0.1, -0.05) is 12.1 Å². The van der Waals surface area contributed by atoms with E-state index in [1.165, 1.54) is 6.07 Å². The van der Waals surface area contributed by atoms with Crippen molar-refractivity contribution in [2.75, 3.05) is 0 Å². The van der Waals surface area contributed by atoms with E-state index in [-0.39, 0.29) is 5.82 Å². The molecule has 0 spiro atoms. The van der Waals surface area contributed by atoms with Crippen molar-refractivity contribution in [1.82, 2.24) is 0 Å². The third-order valence-corrected chi connectivity index (χ3v) is 4.42. The first-order valence-electron chi connectivity index (χ1n) is 7.61. The lowest BCUT2D eigenvalue weighted by Crippen LogP contribution is -2.30. The standard InChI is InChI=1S/C20H14FN2O/c1-12-16(21)10-15-14-7-5-6-13(11-22)19(14)24-20(15)18(12)17-8-3-4-9-23(17)2/h3-10H,1-2H3/q+1. The maximum atomic E-state index is 14.6. The van der Waals surface area contributed by atoms with Gasteiger partial charge < -0.3 is 4.42 Å². The van der Waals surface area contributed by atoms with Gasteiger partial charge in [0.25, 0.3) is 0 Å². The van der Waals surface area contributed by atoms with Gasteiger partial charge in [-0.25, -0.2) is 8.96 Å². The molecule has 3 nitrogen and oxygen atoms in total. The Kier molecular flexibility index (Phi) is 3.10. The minimum Gasteiger partial charge on any atom is -0.454 e. The van der Waals surface area contributed by atoms with Gasteiger partial charge in [-0.15, -0.1) is 0 Å². The van der Waals surface area contributed by atoms with Crippen molar-refractivity contribution in [1.29, 1.82) is 5.26 Å². The normalized spacial score (nSPS) is 11.1. The number of rotatable bonds is 1. The molecular formula is C20H14FN2O+. The second-order valence-corrected chi connectivity index (χ2v) is 5.83. The number of aromatic nitrogens is 1. The number of hydrogen-bond donors (Lipinski definition) is 0. The summed E-state index contributed by atoms with van der Waals surface area (Å²) >= 11 is 0. The van der Waals surface area contributed by atoms with Gasteiger partial charge in [-0.2, -0.15) is 5.26 Å². The smallest absolute Gasteiger partial charge is 0.216 e. The average molecular weight is 317 g/mol. The first kappa shape index (κ1) is 14.4. The summed E-state index contributed by atoms with van der Waals surface area (Å²) < 4.78 is 22.6. The zero-order chi connectivity index (χ0) is 16.8. The van der Waals surface area contributed by atoms with Crippen LogP contribution in [-0.4, -0.2) is 0 Å². The number of nitriles is 1. The van der Waals surface area contributed by atoms with Gasteiger partial charge in [-0.05, 0) is 25.1 Å². The number of furan rings is 1. The van der Waals surface area contributed by atoms with E-state index in [9.17, 15) is 9.65 Å². The molecule has 116 valence electrons. The monoisotopic (exact) mass is 317 g/mol. The lowest BCUT2D eigenvalue weighted by atomic mass is 9.99. The van der Waals surface area contributed by atoms with Crippen LogP contribution in [0.2, 0.25) is 0 Å². The van der Waals surface area contributed by atoms with Gasteiger partial charge in [0.05, 0.1) is 11.1 Å². The van der Waals surface area contributed by atoms with Crippen LogP contribution in [-0.2, 0) is 7.05 Å². The van der Waals surface area contributed by atoms with Crippen LogP contribution in [0.4, 0.5) is 4.39 Å². The van der Waals surface area contributed by atoms with Crippen molar-refractivity contribution in [2.24, 2.45) is 7.05 Å². The van der Waals surface area contributed by atoms with Gasteiger partial charge in [0.1, 0.15) is 24.5 Å². The van der Waals surface area contributed by atoms with Crippen LogP contribution >= 0.6 is 0 Å². The lowest BCUT2D eigenvalue weighted by Gasteiger charge is -2.06. The van der Waals surface area contributed by atoms with Gasteiger partial charge in [0.2, 0.25) is 5.69 Å². The molecule has 24 heavy (non-hydrogen) atoms. The molecule has 0 N–H and O–H groups in total. The molecular weight excluding hydrogens is 303 g/mol. The number of aryl methyl sites for hydroxylation is 1. The highest BCUT2D eigenvalue weighted by atomic mass is 19.1. The minimum atomic E-state index is -0.286. The second-order valence-electron chi connectivity index (χ2n) is 5.83. The largest absolute Gasteiger partial charge is 0.454 e. The molecule has 0 atom stereocenters. The molecule has 0 amide bonds. The van der Waals surface area contributed by atoms with E-state index >= 15 is 0 Å². The summed E-state index contributed by atoms with van der Waals surface area (Å²) in [6.45, 7) is 1.75. The number of nitrogens with zero attached hydrogens (tertiary/aromatic N) is 2. The summed E-state index contributed by atoms with van der Waals surface area (Å²) in [4.78, 5) is 0. The van der Waals surface area contributed by atoms with Crippen LogP contribution in [0.15, 0.2) is 53.1 Å². The minimum absolute atomic E-state index is 0.286. The second kappa shape index (κ2) is 5.17. The molecule has 0 bridgehead atoms. The molecule has 4 aromatic rings. The van der Waals surface area contributed by atoms with Crippen LogP contribution < -0.4 is 4.57 Å². The molecule has 0 saturated heterocycles. The Hall–Kier alpha value is -3.19. The molecule has 2 heterocycles. The molecule has 0 unspecified atom stereocenters. The third-order valence-electron chi connectivity index (χ3n) is 4.42. The van der Waals surface area contributed by atoms with Crippen LogP contribution in [0.5, 0.6) is 0 Å². The Labute approximate surface area is 138 Å². The first-order valence-corrected chi connectivity index (χ1v) is 7.61. The fourth-order valence-electron chi connectivity index (χ4n) is 3.17. The summed E-state index contributed by atoms with van der Waals surface area (Å²) in [7, 11) is 1.91. The van der Waals surface area contributed by atoms with Crippen molar-refractivity contribution in [3.05, 3.63) is 65.6 Å². The Morgan fingerprint density at radius 1 is 1.08 bits per heavy atom. The van der Waals surface area contributed by atoms with E-state index in [2.05, 4.69) is 6.07 Å². The summed E-state index contributed by atoms with van der Waals surface area (Å²) in [6, 6.07) is 14.7. The maximum absolute atomic E-state index is 14.6. The zero-order valence-electron chi connectivity index (χ0n) is 13.3. The van der Waals surface area contributed by atoms with Crippen molar-refractivity contribution in [2.45, 2.75) is 6.92 Å². The molecule has 0 aliphatic carbocycles. The summed E-state index contributed by atoms with van der Waals surface area (Å²) in [5.41, 5.74) is 3.66. The Morgan fingerprint density at radius 2 is 1.92 bits per heavy atom. The topological polar surface area (TPSA) is 40.8 Å². The zero-order valence-corrected chi connectivity index (χ0v) is 13.3. The number of halogens is 1.